The molecular formula is C19H33N3O3S. The largest absolute Gasteiger partial charge is 0.323 e. The molecule has 26 heavy (non-hydrogen) atoms. The summed E-state index contributed by atoms with van der Waals surface area (Å²) >= 11 is 0. The highest BCUT2D eigenvalue weighted by molar-refractivity contribution is 7.90. The molecule has 1 heterocycles. The zero-order chi connectivity index (χ0) is 18.5. The molecule has 3 atom stereocenters. The lowest BCUT2D eigenvalue weighted by molar-refractivity contribution is 0.164. The Hall–Kier alpha value is -0.820. The van der Waals surface area contributed by atoms with Crippen LogP contribution in [0.2, 0.25) is 0 Å². The second-order valence-corrected chi connectivity index (χ2v) is 11.3. The fourth-order valence-electron chi connectivity index (χ4n) is 5.22. The maximum Gasteiger partial charge on any atom is 0.320 e. The van der Waals surface area contributed by atoms with Gasteiger partial charge in [-0.3, -0.25) is 0 Å². The van der Waals surface area contributed by atoms with Gasteiger partial charge in [-0.1, -0.05) is 19.3 Å². The van der Waals surface area contributed by atoms with E-state index in [1.54, 1.807) is 0 Å². The fourth-order valence-corrected chi connectivity index (χ4v) is 7.17. The molecule has 0 bridgehead atoms. The average Bonchev–Trinajstić information content (AvgIpc) is 3.29. The minimum atomic E-state index is -3.31. The van der Waals surface area contributed by atoms with Crippen LogP contribution in [0, 0.1) is 5.92 Å². The summed E-state index contributed by atoms with van der Waals surface area (Å²) < 4.78 is 28.5. The first-order chi connectivity index (χ1) is 12.3. The van der Waals surface area contributed by atoms with Crippen LogP contribution in [0.5, 0.6) is 0 Å². The first-order valence-corrected chi connectivity index (χ1v) is 11.9. The number of fused-ring (bicyclic) bond motifs is 1. The Morgan fingerprint density at radius 2 is 1.77 bits per heavy atom. The van der Waals surface area contributed by atoms with Gasteiger partial charge in [0.05, 0.1) is 17.3 Å². The van der Waals surface area contributed by atoms with Crippen molar-refractivity contribution in [1.29, 1.82) is 0 Å². The van der Waals surface area contributed by atoms with Crippen LogP contribution in [0.3, 0.4) is 0 Å². The number of hydrogen-bond acceptors (Lipinski definition) is 3. The summed E-state index contributed by atoms with van der Waals surface area (Å²) in [5, 5.41) is -0.369. The Kier molecular flexibility index (Phi) is 4.75. The van der Waals surface area contributed by atoms with Gasteiger partial charge in [-0.05, 0) is 57.8 Å². The quantitative estimate of drug-likeness (QED) is 0.793. The molecule has 0 spiro atoms. The normalized spacial score (nSPS) is 34.8. The minimum absolute atomic E-state index is 0.0356. The summed E-state index contributed by atoms with van der Waals surface area (Å²) in [6, 6.07) is 0.330. The third-order valence-corrected chi connectivity index (χ3v) is 9.27. The van der Waals surface area contributed by atoms with E-state index in [0.717, 1.165) is 25.8 Å². The van der Waals surface area contributed by atoms with Crippen molar-refractivity contribution in [2.24, 2.45) is 5.92 Å². The predicted octanol–water partition coefficient (Wildman–Crippen LogP) is 2.70. The average molecular weight is 384 g/mol. The summed E-state index contributed by atoms with van der Waals surface area (Å²) in [4.78, 5) is 16.7. The van der Waals surface area contributed by atoms with E-state index in [2.05, 4.69) is 9.62 Å². The number of amides is 2. The molecule has 4 aliphatic rings. The van der Waals surface area contributed by atoms with Crippen molar-refractivity contribution in [3.63, 3.8) is 0 Å². The number of urea groups is 1. The molecule has 148 valence electrons. The Morgan fingerprint density at radius 3 is 2.42 bits per heavy atom. The first kappa shape index (κ1) is 18.5. The molecule has 3 saturated carbocycles. The number of sulfonamides is 1. The smallest absolute Gasteiger partial charge is 0.320 e. The molecule has 1 N–H and O–H groups in total. The Balaban J connectivity index is 1.43. The van der Waals surface area contributed by atoms with E-state index in [1.165, 1.54) is 32.1 Å². The summed E-state index contributed by atoms with van der Waals surface area (Å²) in [5.41, 5.74) is -0.222. The van der Waals surface area contributed by atoms with Crippen molar-refractivity contribution >= 4 is 16.1 Å². The molecule has 0 aromatic carbocycles. The van der Waals surface area contributed by atoms with Crippen LogP contribution in [-0.2, 0) is 10.0 Å². The third kappa shape index (κ3) is 3.49. The van der Waals surface area contributed by atoms with E-state index < -0.39 is 10.0 Å². The Bertz CT molecular complexity index is 655. The van der Waals surface area contributed by atoms with Crippen LogP contribution >= 0.6 is 0 Å². The van der Waals surface area contributed by atoms with E-state index in [9.17, 15) is 13.2 Å². The van der Waals surface area contributed by atoms with E-state index in [-0.39, 0.29) is 28.9 Å². The second kappa shape index (κ2) is 6.66. The molecule has 2 amide bonds. The van der Waals surface area contributed by atoms with Gasteiger partial charge in [-0.25, -0.2) is 17.9 Å². The third-order valence-electron chi connectivity index (χ3n) is 7.19. The topological polar surface area (TPSA) is 69.7 Å². The van der Waals surface area contributed by atoms with Crippen molar-refractivity contribution < 1.29 is 13.2 Å². The number of carbonyl (C=O) groups excluding carboxylic acids is 1. The highest BCUT2D eigenvalue weighted by atomic mass is 32.2. The number of nitrogens with zero attached hydrogens (tertiary/aromatic N) is 2. The molecule has 0 radical (unpaired) electrons. The lowest BCUT2D eigenvalue weighted by atomic mass is 9.86. The molecule has 0 aromatic rings. The van der Waals surface area contributed by atoms with Gasteiger partial charge in [0.15, 0.2) is 0 Å². The van der Waals surface area contributed by atoms with Crippen LogP contribution in [0.4, 0.5) is 4.79 Å². The second-order valence-electron chi connectivity index (χ2n) is 9.33. The van der Waals surface area contributed by atoms with Crippen molar-refractivity contribution in [2.45, 2.75) is 94.0 Å². The molecule has 4 rings (SSSR count). The number of rotatable bonds is 5. The lowest BCUT2D eigenvalue weighted by Gasteiger charge is -2.37. The van der Waals surface area contributed by atoms with Crippen LogP contribution < -0.4 is 4.72 Å². The van der Waals surface area contributed by atoms with Crippen LogP contribution in [0.15, 0.2) is 0 Å². The van der Waals surface area contributed by atoms with Gasteiger partial charge in [-0.15, -0.1) is 0 Å². The zero-order valence-electron chi connectivity index (χ0n) is 16.1. The summed E-state index contributed by atoms with van der Waals surface area (Å²) in [6.45, 7) is 2.84. The van der Waals surface area contributed by atoms with E-state index in [4.69, 9.17) is 0 Å². The molecule has 1 aliphatic heterocycles. The van der Waals surface area contributed by atoms with Gasteiger partial charge in [0.2, 0.25) is 10.0 Å². The van der Waals surface area contributed by atoms with E-state index in [1.807, 2.05) is 18.9 Å². The van der Waals surface area contributed by atoms with Crippen LogP contribution in [0.1, 0.15) is 71.1 Å². The highest BCUT2D eigenvalue weighted by Crippen LogP contribution is 2.40. The van der Waals surface area contributed by atoms with Crippen molar-refractivity contribution in [3.05, 3.63) is 0 Å². The van der Waals surface area contributed by atoms with Gasteiger partial charge in [0.1, 0.15) is 0 Å². The Morgan fingerprint density at radius 1 is 1.08 bits per heavy atom. The molecule has 3 aliphatic carbocycles. The van der Waals surface area contributed by atoms with E-state index in [0.29, 0.717) is 18.8 Å². The number of likely N-dealkylation sites (N-methyl/N-ethyl adjacent to an activating group) is 1. The maximum absolute atomic E-state index is 12.8. The molecule has 6 nitrogen and oxygen atoms in total. The zero-order valence-corrected chi connectivity index (χ0v) is 16.9. The van der Waals surface area contributed by atoms with Crippen LogP contribution in [-0.4, -0.2) is 60.7 Å². The standard InChI is InChI=1S/C19H33N3O3S/c1-19(10-11-19)20-26(24,25)15-8-9-16-17(12-15)21(2)18(23)22(16)13-14-6-4-3-5-7-14/h14-17,20H,3-13H2,1-2H3. The van der Waals surface area contributed by atoms with Gasteiger partial charge >= 0.3 is 6.03 Å². The van der Waals surface area contributed by atoms with Gasteiger partial charge in [0.25, 0.3) is 0 Å². The van der Waals surface area contributed by atoms with Crippen molar-refractivity contribution in [3.8, 4) is 0 Å². The predicted molar refractivity (Wildman–Crippen MR) is 101 cm³/mol. The molecular weight excluding hydrogens is 350 g/mol. The molecule has 0 aromatic heterocycles. The van der Waals surface area contributed by atoms with E-state index >= 15 is 0 Å². The van der Waals surface area contributed by atoms with Crippen molar-refractivity contribution in [1.82, 2.24) is 14.5 Å². The van der Waals surface area contributed by atoms with Gasteiger partial charge in [-0.2, -0.15) is 0 Å². The molecule has 7 heteroatoms. The number of carbonyl (C=O) groups is 1. The number of nitrogens with one attached hydrogen (secondary N) is 1. The number of hydrogen-bond donors (Lipinski definition) is 1. The summed E-state index contributed by atoms with van der Waals surface area (Å²) in [6.07, 6.45) is 10.2. The molecule has 3 unspecified atom stereocenters. The highest BCUT2D eigenvalue weighted by Gasteiger charge is 2.51. The van der Waals surface area contributed by atoms with Crippen LogP contribution in [0.25, 0.3) is 0 Å². The lowest BCUT2D eigenvalue weighted by Crippen LogP contribution is -2.49. The summed E-state index contributed by atoms with van der Waals surface area (Å²) in [5.74, 6) is 0.623. The first-order valence-electron chi connectivity index (χ1n) is 10.4. The summed E-state index contributed by atoms with van der Waals surface area (Å²) in [7, 11) is -1.46. The monoisotopic (exact) mass is 383 g/mol. The molecule has 1 saturated heterocycles. The fraction of sp³-hybridized carbons (Fsp3) is 0.947. The van der Waals surface area contributed by atoms with Crippen molar-refractivity contribution in [2.75, 3.05) is 13.6 Å². The molecule has 4 fully saturated rings. The minimum Gasteiger partial charge on any atom is -0.323 e. The SMILES string of the molecule is CN1C(=O)N(CC2CCCCC2)C2CCC(S(=O)(=O)NC3(C)CC3)CC21. The maximum atomic E-state index is 12.8. The Labute approximate surface area is 157 Å². The van der Waals surface area contributed by atoms with Gasteiger partial charge < -0.3 is 9.80 Å². The van der Waals surface area contributed by atoms with Gasteiger partial charge in [0, 0.05) is 19.1 Å².